The molecule has 1 aliphatic heterocycles. The van der Waals surface area contributed by atoms with E-state index < -0.39 is 16.8 Å². The van der Waals surface area contributed by atoms with Crippen molar-refractivity contribution >= 4 is 17.3 Å². The number of H-pyrrole nitrogens is 1. The van der Waals surface area contributed by atoms with E-state index in [4.69, 9.17) is 5.73 Å². The first-order valence-electron chi connectivity index (χ1n) is 9.56. The second-order valence-electron chi connectivity index (χ2n) is 7.50. The summed E-state index contributed by atoms with van der Waals surface area (Å²) in [4.78, 5) is 55.9. The molecule has 1 aliphatic rings. The average molecular weight is 407 g/mol. The number of aryl methyl sites for hydroxylation is 1. The first-order chi connectivity index (χ1) is 14.3. The minimum atomic E-state index is -0.620. The molecule has 30 heavy (non-hydrogen) atoms. The van der Waals surface area contributed by atoms with E-state index in [0.29, 0.717) is 30.0 Å². The number of nitrogens with two attached hydrogens (primary N) is 1. The van der Waals surface area contributed by atoms with Gasteiger partial charge in [-0.25, -0.2) is 4.98 Å². The number of hydrogen-bond donors (Lipinski definition) is 3. The van der Waals surface area contributed by atoms with E-state index in [2.05, 4.69) is 15.3 Å². The number of fused-ring (bicyclic) bond motifs is 1. The summed E-state index contributed by atoms with van der Waals surface area (Å²) >= 11 is 0. The fraction of sp³-hybridized carbons (Fsp3) is 0.286. The molecule has 4 rings (SSSR count). The summed E-state index contributed by atoms with van der Waals surface area (Å²) in [5.74, 6) is -0.492. The van der Waals surface area contributed by atoms with E-state index in [1.807, 2.05) is 23.1 Å². The van der Waals surface area contributed by atoms with E-state index in [9.17, 15) is 19.2 Å². The van der Waals surface area contributed by atoms with Crippen molar-refractivity contribution in [3.05, 3.63) is 82.8 Å². The third kappa shape index (κ3) is 3.28. The van der Waals surface area contributed by atoms with Crippen LogP contribution in [0.3, 0.4) is 0 Å². The zero-order valence-electron chi connectivity index (χ0n) is 16.7. The quantitative estimate of drug-likeness (QED) is 0.520. The van der Waals surface area contributed by atoms with Crippen LogP contribution in [0, 0.1) is 13.8 Å². The Morgan fingerprint density at radius 3 is 2.67 bits per heavy atom. The predicted molar refractivity (Wildman–Crippen MR) is 112 cm³/mol. The van der Waals surface area contributed by atoms with E-state index in [1.54, 1.807) is 13.8 Å². The summed E-state index contributed by atoms with van der Waals surface area (Å²) in [7, 11) is 0. The highest BCUT2D eigenvalue weighted by Gasteiger charge is 2.26. The molecule has 0 atom stereocenters. The van der Waals surface area contributed by atoms with Crippen LogP contribution in [-0.4, -0.2) is 22.4 Å². The Morgan fingerprint density at radius 2 is 1.97 bits per heavy atom. The second kappa shape index (κ2) is 7.25. The molecule has 2 aromatic carbocycles. The maximum Gasteiger partial charge on any atom is 0.287 e. The maximum atomic E-state index is 12.4. The van der Waals surface area contributed by atoms with Gasteiger partial charge in [-0.2, -0.15) is 0 Å². The van der Waals surface area contributed by atoms with Crippen molar-refractivity contribution in [1.29, 1.82) is 0 Å². The molecule has 9 heteroatoms. The van der Waals surface area contributed by atoms with E-state index >= 15 is 0 Å². The third-order valence-electron chi connectivity index (χ3n) is 5.58. The first kappa shape index (κ1) is 19.6. The molecule has 0 fully saturated rings. The molecular formula is C21H21N5O4. The number of aromatic nitrogens is 2. The van der Waals surface area contributed by atoms with Crippen molar-refractivity contribution in [2.24, 2.45) is 0 Å². The van der Waals surface area contributed by atoms with Crippen molar-refractivity contribution < 1.29 is 4.79 Å². The molecule has 1 aromatic heterocycles. The van der Waals surface area contributed by atoms with Crippen LogP contribution in [0.5, 0.6) is 0 Å². The number of hydrogen-bond acceptors (Lipinski definition) is 7. The van der Waals surface area contributed by atoms with E-state index in [0.717, 1.165) is 23.1 Å². The number of nitrogen functional groups attached to an aromatic ring is 1. The number of nitrogens with zero attached hydrogens (tertiary/aromatic N) is 2. The molecule has 154 valence electrons. The van der Waals surface area contributed by atoms with Gasteiger partial charge < -0.3 is 20.9 Å². The predicted octanol–water partition coefficient (Wildman–Crippen LogP) is 0.0576. The fourth-order valence-electron chi connectivity index (χ4n) is 3.64. The maximum absolute atomic E-state index is 12.4. The standard InChI is InChI=1S/C21H21N5O4/c1-10-11(2)24-19(25-20(10)29)21(30)23-8-12-3-4-13-5-6-26(9-14(13)7-12)16-15(22)17(27)18(16)28/h3-4,7H,5-6,8-9,22H2,1-2H3,(H,23,30)(H,24,25,29). The van der Waals surface area contributed by atoms with Crippen LogP contribution >= 0.6 is 0 Å². The highest BCUT2D eigenvalue weighted by atomic mass is 16.2. The molecular weight excluding hydrogens is 386 g/mol. The first-order valence-corrected chi connectivity index (χ1v) is 9.56. The topological polar surface area (TPSA) is 138 Å². The molecule has 3 aromatic rings. The van der Waals surface area contributed by atoms with Crippen LogP contribution in [0.2, 0.25) is 0 Å². The van der Waals surface area contributed by atoms with Gasteiger partial charge in [-0.3, -0.25) is 19.2 Å². The lowest BCUT2D eigenvalue weighted by Crippen LogP contribution is -2.44. The number of nitrogens with one attached hydrogen (secondary N) is 2. The zero-order chi connectivity index (χ0) is 21.6. The summed E-state index contributed by atoms with van der Waals surface area (Å²) in [6, 6.07) is 5.88. The largest absolute Gasteiger partial charge is 0.394 e. The minimum absolute atomic E-state index is 0.0252. The minimum Gasteiger partial charge on any atom is -0.394 e. The van der Waals surface area contributed by atoms with Gasteiger partial charge in [0.1, 0.15) is 11.4 Å². The molecule has 0 unspecified atom stereocenters. The molecule has 0 saturated carbocycles. The number of rotatable bonds is 4. The lowest BCUT2D eigenvalue weighted by Gasteiger charge is -2.32. The van der Waals surface area contributed by atoms with Gasteiger partial charge in [0.05, 0.1) is 0 Å². The van der Waals surface area contributed by atoms with Crippen LogP contribution < -0.4 is 32.4 Å². The van der Waals surface area contributed by atoms with Gasteiger partial charge in [0.25, 0.3) is 22.3 Å². The Hall–Kier alpha value is -3.75. The lowest BCUT2D eigenvalue weighted by molar-refractivity contribution is 0.0940. The van der Waals surface area contributed by atoms with Crippen molar-refractivity contribution in [3.63, 3.8) is 0 Å². The van der Waals surface area contributed by atoms with Gasteiger partial charge in [0.2, 0.25) is 0 Å². The monoisotopic (exact) mass is 407 g/mol. The van der Waals surface area contributed by atoms with Gasteiger partial charge >= 0.3 is 0 Å². The summed E-state index contributed by atoms with van der Waals surface area (Å²) in [6.45, 7) is 4.67. The molecule has 0 aliphatic carbocycles. The summed E-state index contributed by atoms with van der Waals surface area (Å²) in [5, 5.41) is 2.76. The van der Waals surface area contributed by atoms with Crippen LogP contribution in [0.1, 0.15) is 38.6 Å². The number of amides is 1. The molecule has 0 spiro atoms. The lowest BCUT2D eigenvalue weighted by atomic mass is 9.96. The second-order valence-corrected chi connectivity index (χ2v) is 7.50. The number of anilines is 2. The number of carbonyl (C=O) groups excluding carboxylic acids is 1. The summed E-state index contributed by atoms with van der Waals surface area (Å²) in [5.41, 5.74) is 8.56. The smallest absolute Gasteiger partial charge is 0.287 e. The van der Waals surface area contributed by atoms with Gasteiger partial charge in [0, 0.05) is 30.9 Å². The molecule has 9 nitrogen and oxygen atoms in total. The van der Waals surface area contributed by atoms with Crippen LogP contribution in [-0.2, 0) is 19.5 Å². The van der Waals surface area contributed by atoms with Crippen molar-refractivity contribution in [2.45, 2.75) is 33.4 Å². The number of carbonyl (C=O) groups is 1. The Labute approximate surface area is 171 Å². The van der Waals surface area contributed by atoms with Crippen molar-refractivity contribution in [2.75, 3.05) is 17.2 Å². The molecule has 4 N–H and O–H groups in total. The number of aromatic amines is 1. The number of benzene rings is 1. The summed E-state index contributed by atoms with van der Waals surface area (Å²) < 4.78 is 0. The Balaban J connectivity index is 1.48. The van der Waals surface area contributed by atoms with E-state index in [1.165, 1.54) is 0 Å². The van der Waals surface area contributed by atoms with Crippen LogP contribution in [0.15, 0.2) is 32.6 Å². The highest BCUT2D eigenvalue weighted by Crippen LogP contribution is 2.26. The average Bonchev–Trinajstić information content (AvgIpc) is 2.74. The molecule has 0 radical (unpaired) electrons. The van der Waals surface area contributed by atoms with Crippen molar-refractivity contribution in [3.8, 4) is 0 Å². The Kier molecular flexibility index (Phi) is 4.73. The zero-order valence-corrected chi connectivity index (χ0v) is 16.7. The van der Waals surface area contributed by atoms with Gasteiger partial charge in [-0.05, 0) is 37.0 Å². The summed E-state index contributed by atoms with van der Waals surface area (Å²) in [6.07, 6.45) is 0.730. The SMILES string of the molecule is Cc1nc(C(=O)NCc2ccc3c(c2)CN(c2c(N)c(=O)c2=O)CC3)[nH]c(=O)c1C. The molecule has 2 heterocycles. The molecule has 0 saturated heterocycles. The molecule has 0 bridgehead atoms. The van der Waals surface area contributed by atoms with Crippen LogP contribution in [0.4, 0.5) is 11.4 Å². The van der Waals surface area contributed by atoms with Gasteiger partial charge in [-0.1, -0.05) is 18.2 Å². The highest BCUT2D eigenvalue weighted by molar-refractivity contribution is 5.90. The molecule has 1 amide bonds. The third-order valence-corrected chi connectivity index (χ3v) is 5.58. The van der Waals surface area contributed by atoms with Crippen molar-refractivity contribution in [1.82, 2.24) is 15.3 Å². The normalized spacial score (nSPS) is 13.3. The van der Waals surface area contributed by atoms with E-state index in [-0.39, 0.29) is 23.6 Å². The Morgan fingerprint density at radius 1 is 1.20 bits per heavy atom. The van der Waals surface area contributed by atoms with Crippen LogP contribution in [0.25, 0.3) is 0 Å². The fourth-order valence-corrected chi connectivity index (χ4v) is 3.64. The van der Waals surface area contributed by atoms with Gasteiger partial charge in [0.15, 0.2) is 5.82 Å². The Bertz CT molecular complexity index is 1300. The van der Waals surface area contributed by atoms with Gasteiger partial charge in [-0.15, -0.1) is 0 Å².